The fourth-order valence-corrected chi connectivity index (χ4v) is 4.87. The molecule has 0 bridgehead atoms. The smallest absolute Gasteiger partial charge is 0.264 e. The van der Waals surface area contributed by atoms with E-state index in [0.717, 1.165) is 11.6 Å². The fraction of sp³-hybridized carbons (Fsp3) is 0.0769. The fourth-order valence-electron chi connectivity index (χ4n) is 3.65. The minimum absolute atomic E-state index is 0.257. The average molecular weight is 517 g/mol. The highest BCUT2D eigenvalue weighted by Gasteiger charge is 2.20. The van der Waals surface area contributed by atoms with Gasteiger partial charge in [-0.15, -0.1) is 0 Å². The van der Waals surface area contributed by atoms with Crippen LogP contribution in [0.2, 0.25) is 0 Å². The molecule has 3 N–H and O–H groups in total. The molecule has 2 aromatic heterocycles. The Bertz CT molecular complexity index is 1730. The first-order chi connectivity index (χ1) is 17.7. The van der Waals surface area contributed by atoms with Gasteiger partial charge in [0.15, 0.2) is 17.0 Å². The first kappa shape index (κ1) is 24.1. The number of carbonyl (C=O) groups is 1. The molecule has 3 aromatic carbocycles. The summed E-state index contributed by atoms with van der Waals surface area (Å²) >= 11 is 0. The van der Waals surface area contributed by atoms with Crippen molar-refractivity contribution in [3.05, 3.63) is 95.4 Å². The number of carbonyl (C=O) groups excluding carboxylic acids is 1. The molecule has 37 heavy (non-hydrogen) atoms. The number of aryl methyl sites for hydroxylation is 2. The lowest BCUT2D eigenvalue weighted by Gasteiger charge is -2.10. The minimum Gasteiger partial charge on any atom is -0.303 e. The number of hydrogen-bond acceptors (Lipinski definition) is 6. The Morgan fingerprint density at radius 1 is 0.946 bits per heavy atom. The summed E-state index contributed by atoms with van der Waals surface area (Å²) in [7, 11) is -4.10. The summed E-state index contributed by atoms with van der Waals surface area (Å²) in [5, 5.41) is 9.62. The topological polar surface area (TPSA) is 130 Å². The molecule has 0 aliphatic heterocycles. The van der Waals surface area contributed by atoms with Crippen molar-refractivity contribution in [2.45, 2.75) is 18.7 Å². The van der Waals surface area contributed by atoms with Crippen LogP contribution < -0.4 is 10.0 Å². The molecule has 0 saturated heterocycles. The standard InChI is InChI=1S/C26H21FN6O3S/c1-15-3-6-18(7-4-15)26(34)30-25-23-24(31-32-25)29-21(14-28-23)17-8-10-19(11-9-17)33-37(35,36)22-13-16(2)5-12-20(22)27/h3-14,33H,1-2H3,(H2,29,30,31,32,34). The zero-order valence-electron chi connectivity index (χ0n) is 19.8. The Morgan fingerprint density at radius 3 is 2.38 bits per heavy atom. The molecule has 0 aliphatic carbocycles. The number of rotatable bonds is 6. The molecule has 186 valence electrons. The van der Waals surface area contributed by atoms with E-state index in [4.69, 9.17) is 0 Å². The first-order valence-electron chi connectivity index (χ1n) is 11.2. The van der Waals surface area contributed by atoms with Gasteiger partial charge in [-0.3, -0.25) is 14.6 Å². The minimum atomic E-state index is -4.10. The van der Waals surface area contributed by atoms with Crippen LogP contribution in [0.25, 0.3) is 22.4 Å². The number of halogens is 1. The first-order valence-corrected chi connectivity index (χ1v) is 12.7. The lowest BCUT2D eigenvalue weighted by atomic mass is 10.1. The second kappa shape index (κ2) is 9.43. The maximum atomic E-state index is 14.1. The summed E-state index contributed by atoms with van der Waals surface area (Å²) in [5.41, 5.74) is 4.37. The van der Waals surface area contributed by atoms with Gasteiger partial charge in [0, 0.05) is 16.8 Å². The van der Waals surface area contributed by atoms with Gasteiger partial charge in [-0.1, -0.05) is 35.9 Å². The van der Waals surface area contributed by atoms with Gasteiger partial charge in [0.25, 0.3) is 15.9 Å². The van der Waals surface area contributed by atoms with Gasteiger partial charge in [-0.05, 0) is 55.8 Å². The number of H-pyrrole nitrogens is 1. The predicted octanol–water partition coefficient (Wildman–Crippen LogP) is 4.83. The Hall–Kier alpha value is -4.64. The largest absolute Gasteiger partial charge is 0.303 e. The number of benzene rings is 3. The van der Waals surface area contributed by atoms with Gasteiger partial charge in [0.1, 0.15) is 10.7 Å². The van der Waals surface area contributed by atoms with Crippen molar-refractivity contribution in [2.75, 3.05) is 10.0 Å². The van der Waals surface area contributed by atoms with E-state index in [1.165, 1.54) is 18.3 Å². The predicted molar refractivity (Wildman–Crippen MR) is 138 cm³/mol. The summed E-state index contributed by atoms with van der Waals surface area (Å²) in [6, 6.07) is 17.5. The molecule has 0 unspecified atom stereocenters. The van der Waals surface area contributed by atoms with E-state index in [2.05, 4.69) is 30.2 Å². The highest BCUT2D eigenvalue weighted by atomic mass is 32.2. The van der Waals surface area contributed by atoms with Gasteiger partial charge in [-0.2, -0.15) is 5.10 Å². The van der Waals surface area contributed by atoms with Crippen LogP contribution in [0.3, 0.4) is 0 Å². The van der Waals surface area contributed by atoms with Crippen LogP contribution >= 0.6 is 0 Å². The average Bonchev–Trinajstić information content (AvgIpc) is 3.28. The van der Waals surface area contributed by atoms with Crippen molar-refractivity contribution in [1.29, 1.82) is 0 Å². The molecule has 11 heteroatoms. The number of sulfonamides is 1. The summed E-state index contributed by atoms with van der Waals surface area (Å²) in [5.74, 6) is -0.886. The number of fused-ring (bicyclic) bond motifs is 1. The molecule has 0 saturated carbocycles. The van der Waals surface area contributed by atoms with Crippen molar-refractivity contribution in [3.63, 3.8) is 0 Å². The number of aromatic amines is 1. The van der Waals surface area contributed by atoms with E-state index < -0.39 is 20.7 Å². The van der Waals surface area contributed by atoms with Gasteiger partial charge in [-0.25, -0.2) is 22.8 Å². The number of amides is 1. The zero-order chi connectivity index (χ0) is 26.2. The highest BCUT2D eigenvalue weighted by molar-refractivity contribution is 7.92. The van der Waals surface area contributed by atoms with Crippen LogP contribution in [0.15, 0.2) is 77.8 Å². The van der Waals surface area contributed by atoms with Gasteiger partial charge in [0.05, 0.1) is 11.9 Å². The van der Waals surface area contributed by atoms with E-state index in [1.54, 1.807) is 43.3 Å². The van der Waals surface area contributed by atoms with Gasteiger partial charge in [0.2, 0.25) is 0 Å². The van der Waals surface area contributed by atoms with Crippen LogP contribution in [-0.2, 0) is 10.0 Å². The van der Waals surface area contributed by atoms with E-state index in [9.17, 15) is 17.6 Å². The number of hydrogen-bond donors (Lipinski definition) is 3. The van der Waals surface area contributed by atoms with E-state index in [-0.39, 0.29) is 17.4 Å². The van der Waals surface area contributed by atoms with Crippen molar-refractivity contribution in [2.24, 2.45) is 0 Å². The normalized spacial score (nSPS) is 11.4. The molecule has 5 rings (SSSR count). The lowest BCUT2D eigenvalue weighted by Crippen LogP contribution is -2.14. The summed E-state index contributed by atoms with van der Waals surface area (Å²) in [6.07, 6.45) is 1.53. The van der Waals surface area contributed by atoms with Crippen LogP contribution in [-0.4, -0.2) is 34.5 Å². The summed E-state index contributed by atoms with van der Waals surface area (Å²) < 4.78 is 41.8. The van der Waals surface area contributed by atoms with Crippen molar-refractivity contribution in [1.82, 2.24) is 20.2 Å². The quantitative estimate of drug-likeness (QED) is 0.296. The molecule has 1 amide bonds. The number of aromatic nitrogens is 4. The monoisotopic (exact) mass is 516 g/mol. The van der Waals surface area contributed by atoms with E-state index >= 15 is 0 Å². The molecule has 0 aliphatic rings. The number of nitrogens with zero attached hydrogens (tertiary/aromatic N) is 3. The number of anilines is 2. The molecule has 0 spiro atoms. The SMILES string of the molecule is Cc1ccc(C(=O)Nc2n[nH]c3nc(-c4ccc(NS(=O)(=O)c5cc(C)ccc5F)cc4)cnc23)cc1. The van der Waals surface area contributed by atoms with E-state index in [0.29, 0.717) is 33.5 Å². The van der Waals surface area contributed by atoms with Crippen molar-refractivity contribution in [3.8, 4) is 11.3 Å². The van der Waals surface area contributed by atoms with Crippen LogP contribution in [0.1, 0.15) is 21.5 Å². The summed E-state index contributed by atoms with van der Waals surface area (Å²) in [4.78, 5) is 21.0. The van der Waals surface area contributed by atoms with Crippen LogP contribution in [0.4, 0.5) is 15.9 Å². The van der Waals surface area contributed by atoms with Gasteiger partial charge < -0.3 is 5.32 Å². The Morgan fingerprint density at radius 2 is 1.65 bits per heavy atom. The zero-order valence-corrected chi connectivity index (χ0v) is 20.6. The molecule has 0 radical (unpaired) electrons. The van der Waals surface area contributed by atoms with Crippen molar-refractivity contribution >= 4 is 38.6 Å². The third kappa shape index (κ3) is 5.02. The van der Waals surface area contributed by atoms with Crippen LogP contribution in [0, 0.1) is 19.7 Å². The van der Waals surface area contributed by atoms with Gasteiger partial charge >= 0.3 is 0 Å². The van der Waals surface area contributed by atoms with Crippen molar-refractivity contribution < 1.29 is 17.6 Å². The Balaban J connectivity index is 1.34. The molecular weight excluding hydrogens is 495 g/mol. The molecular formula is C26H21FN6O3S. The maximum Gasteiger partial charge on any atom is 0.264 e. The molecule has 0 fully saturated rings. The Kier molecular flexibility index (Phi) is 6.14. The third-order valence-corrected chi connectivity index (χ3v) is 7.02. The highest BCUT2D eigenvalue weighted by Crippen LogP contribution is 2.25. The summed E-state index contributed by atoms with van der Waals surface area (Å²) in [6.45, 7) is 3.63. The molecule has 2 heterocycles. The van der Waals surface area contributed by atoms with Crippen LogP contribution in [0.5, 0.6) is 0 Å². The third-order valence-electron chi connectivity index (χ3n) is 5.63. The molecule has 0 atom stereocenters. The maximum absolute atomic E-state index is 14.1. The second-order valence-corrected chi connectivity index (χ2v) is 10.1. The lowest BCUT2D eigenvalue weighted by molar-refractivity contribution is 0.102. The second-order valence-electron chi connectivity index (χ2n) is 8.46. The van der Waals surface area contributed by atoms with E-state index in [1.807, 2.05) is 19.1 Å². The molecule has 5 aromatic rings. The number of nitrogens with one attached hydrogen (secondary N) is 3. The molecule has 9 nitrogen and oxygen atoms in total. The Labute approximate surface area is 211 Å².